The van der Waals surface area contributed by atoms with Gasteiger partial charge in [-0.2, -0.15) is 0 Å². The number of benzene rings is 1. The van der Waals surface area contributed by atoms with E-state index in [9.17, 15) is 9.59 Å². The lowest BCUT2D eigenvalue weighted by Crippen LogP contribution is -2.26. The monoisotopic (exact) mass is 420 g/mol. The van der Waals surface area contributed by atoms with E-state index in [1.54, 1.807) is 6.20 Å². The second kappa shape index (κ2) is 4.67. The Kier molecular flexibility index (Phi) is 2.93. The number of anilines is 1. The lowest BCUT2D eigenvalue weighted by atomic mass is 9.86. The van der Waals surface area contributed by atoms with E-state index in [4.69, 9.17) is 0 Å². The Morgan fingerprint density at radius 1 is 1.22 bits per heavy atom. The van der Waals surface area contributed by atoms with Crippen molar-refractivity contribution in [3.8, 4) is 11.4 Å². The number of aromatic nitrogens is 3. The van der Waals surface area contributed by atoms with E-state index in [0.717, 1.165) is 25.9 Å². The fraction of sp³-hybridized carbons (Fsp3) is 0.188. The van der Waals surface area contributed by atoms with Gasteiger partial charge in [-0.1, -0.05) is 0 Å². The highest BCUT2D eigenvalue weighted by Gasteiger charge is 2.38. The summed E-state index contributed by atoms with van der Waals surface area (Å²) < 4.78 is 0.826. The van der Waals surface area contributed by atoms with Crippen molar-refractivity contribution in [3.05, 3.63) is 43.9 Å². The van der Waals surface area contributed by atoms with Crippen LogP contribution in [-0.4, -0.2) is 20.9 Å². The maximum atomic E-state index is 12.1. The third-order valence-corrected chi connectivity index (χ3v) is 5.16. The molecule has 116 valence electrons. The van der Waals surface area contributed by atoms with Gasteiger partial charge in [-0.3, -0.25) is 9.59 Å². The van der Waals surface area contributed by atoms with Crippen molar-refractivity contribution < 1.29 is 4.79 Å². The maximum absolute atomic E-state index is 12.1. The fourth-order valence-corrected chi connectivity index (χ4v) is 3.55. The van der Waals surface area contributed by atoms with Gasteiger partial charge in [0.1, 0.15) is 5.82 Å². The summed E-state index contributed by atoms with van der Waals surface area (Å²) in [4.78, 5) is 34.5. The normalized spacial score (nSPS) is 15.7. The Balaban J connectivity index is 1.95. The van der Waals surface area contributed by atoms with Gasteiger partial charge in [0.05, 0.1) is 22.0 Å². The molecule has 3 aromatic rings. The summed E-state index contributed by atoms with van der Waals surface area (Å²) in [6.07, 6.45) is 1.61. The van der Waals surface area contributed by atoms with Crippen LogP contribution in [0.15, 0.2) is 29.2 Å². The SMILES string of the molecule is CC1(C)C(=O)Nc2cc3nc(-c4c(I)cc[nH]c4=O)[nH]c3cc21. The molecule has 0 saturated carbocycles. The molecule has 0 saturated heterocycles. The Morgan fingerprint density at radius 3 is 2.74 bits per heavy atom. The van der Waals surface area contributed by atoms with Crippen molar-refractivity contribution in [2.24, 2.45) is 0 Å². The molecule has 6 nitrogen and oxygen atoms in total. The van der Waals surface area contributed by atoms with Crippen LogP contribution >= 0.6 is 22.6 Å². The highest BCUT2D eigenvalue weighted by atomic mass is 127. The number of carbonyl (C=O) groups is 1. The van der Waals surface area contributed by atoms with Gasteiger partial charge in [0.2, 0.25) is 5.91 Å². The first-order valence-electron chi connectivity index (χ1n) is 7.11. The number of aromatic amines is 2. The molecule has 2 aromatic heterocycles. The molecule has 0 radical (unpaired) electrons. The van der Waals surface area contributed by atoms with E-state index in [-0.39, 0.29) is 11.5 Å². The number of halogens is 1. The van der Waals surface area contributed by atoms with Gasteiger partial charge in [-0.05, 0) is 60.2 Å². The zero-order valence-corrected chi connectivity index (χ0v) is 14.6. The first-order valence-corrected chi connectivity index (χ1v) is 8.19. The third-order valence-electron chi connectivity index (χ3n) is 4.26. The number of amides is 1. The predicted octanol–water partition coefficient (Wildman–Crippen LogP) is 2.75. The van der Waals surface area contributed by atoms with Crippen LogP contribution in [-0.2, 0) is 10.2 Å². The molecule has 7 heteroatoms. The largest absolute Gasteiger partial charge is 0.338 e. The number of nitrogens with one attached hydrogen (secondary N) is 3. The molecule has 4 rings (SSSR count). The first kappa shape index (κ1) is 14.4. The van der Waals surface area contributed by atoms with E-state index in [1.165, 1.54) is 0 Å². The maximum Gasteiger partial charge on any atom is 0.260 e. The lowest BCUT2D eigenvalue weighted by molar-refractivity contribution is -0.119. The van der Waals surface area contributed by atoms with Crippen LogP contribution in [0.5, 0.6) is 0 Å². The Hall–Kier alpha value is -2.16. The molecule has 0 aliphatic carbocycles. The third kappa shape index (κ3) is 2.03. The van der Waals surface area contributed by atoms with Crippen molar-refractivity contribution in [2.75, 3.05) is 5.32 Å². The van der Waals surface area contributed by atoms with E-state index >= 15 is 0 Å². The summed E-state index contributed by atoms with van der Waals surface area (Å²) >= 11 is 2.12. The van der Waals surface area contributed by atoms with Gasteiger partial charge in [0.25, 0.3) is 5.56 Å². The van der Waals surface area contributed by atoms with Crippen molar-refractivity contribution in [1.29, 1.82) is 0 Å². The van der Waals surface area contributed by atoms with Crippen molar-refractivity contribution >= 4 is 45.2 Å². The van der Waals surface area contributed by atoms with Crippen LogP contribution in [0.1, 0.15) is 19.4 Å². The minimum absolute atomic E-state index is 0.0190. The summed E-state index contributed by atoms with van der Waals surface area (Å²) in [6.45, 7) is 3.78. The van der Waals surface area contributed by atoms with Crippen LogP contribution in [0, 0.1) is 3.57 Å². The predicted molar refractivity (Wildman–Crippen MR) is 96.5 cm³/mol. The van der Waals surface area contributed by atoms with E-state index in [0.29, 0.717) is 11.4 Å². The molecule has 1 aliphatic heterocycles. The highest BCUT2D eigenvalue weighted by molar-refractivity contribution is 14.1. The van der Waals surface area contributed by atoms with E-state index in [1.807, 2.05) is 32.0 Å². The Morgan fingerprint density at radius 2 is 2.00 bits per heavy atom. The summed E-state index contributed by atoms with van der Waals surface area (Å²) in [7, 11) is 0. The molecule has 0 fully saturated rings. The summed E-state index contributed by atoms with van der Waals surface area (Å²) in [5, 5.41) is 2.89. The van der Waals surface area contributed by atoms with Crippen LogP contribution in [0.3, 0.4) is 0 Å². The van der Waals surface area contributed by atoms with Gasteiger partial charge >= 0.3 is 0 Å². The van der Waals surface area contributed by atoms with Crippen molar-refractivity contribution in [3.63, 3.8) is 0 Å². The van der Waals surface area contributed by atoms with Gasteiger partial charge in [-0.15, -0.1) is 0 Å². The van der Waals surface area contributed by atoms with Crippen LogP contribution in [0.25, 0.3) is 22.4 Å². The van der Waals surface area contributed by atoms with Crippen LogP contribution in [0.4, 0.5) is 5.69 Å². The first-order chi connectivity index (χ1) is 10.9. The van der Waals surface area contributed by atoms with Gasteiger partial charge in [-0.25, -0.2) is 4.98 Å². The Bertz CT molecular complexity index is 1030. The quantitative estimate of drug-likeness (QED) is 0.529. The average molecular weight is 420 g/mol. The number of nitrogens with zero attached hydrogens (tertiary/aromatic N) is 1. The Labute approximate surface area is 144 Å². The van der Waals surface area contributed by atoms with Gasteiger partial charge in [0, 0.05) is 15.5 Å². The number of H-pyrrole nitrogens is 2. The second-order valence-corrected chi connectivity index (χ2v) is 7.27. The van der Waals surface area contributed by atoms with Gasteiger partial charge < -0.3 is 15.3 Å². The summed E-state index contributed by atoms with van der Waals surface area (Å²) in [5.74, 6) is 0.508. The van der Waals surface area contributed by atoms with E-state index < -0.39 is 5.41 Å². The number of fused-ring (bicyclic) bond motifs is 2. The molecular formula is C16H13IN4O2. The zero-order valence-electron chi connectivity index (χ0n) is 12.5. The van der Waals surface area contributed by atoms with Crippen molar-refractivity contribution in [1.82, 2.24) is 15.0 Å². The number of pyridine rings is 1. The molecule has 0 bridgehead atoms. The smallest absolute Gasteiger partial charge is 0.260 e. The number of hydrogen-bond donors (Lipinski definition) is 3. The zero-order chi connectivity index (χ0) is 16.4. The van der Waals surface area contributed by atoms with Gasteiger partial charge in [0.15, 0.2) is 0 Å². The number of imidazole rings is 1. The number of rotatable bonds is 1. The molecule has 1 aliphatic rings. The molecule has 0 spiro atoms. The number of hydrogen-bond acceptors (Lipinski definition) is 3. The standard InChI is InChI=1S/C16H13IN4O2/c1-16(2)7-5-10-11(6-9(7)21-15(16)23)20-13(19-10)12-8(17)3-4-18-14(12)22/h3-6H,1-2H3,(H,18,22)(H,19,20)(H,21,23). The summed E-state index contributed by atoms with van der Waals surface area (Å²) in [6, 6.07) is 5.61. The molecule has 1 amide bonds. The molecule has 1 aromatic carbocycles. The van der Waals surface area contributed by atoms with Crippen LogP contribution in [0.2, 0.25) is 0 Å². The highest BCUT2D eigenvalue weighted by Crippen LogP contribution is 2.39. The number of carbonyl (C=O) groups excluding carboxylic acids is 1. The van der Waals surface area contributed by atoms with Crippen LogP contribution < -0.4 is 10.9 Å². The molecule has 23 heavy (non-hydrogen) atoms. The summed E-state index contributed by atoms with van der Waals surface area (Å²) in [5.41, 5.74) is 3.00. The fourth-order valence-electron chi connectivity index (χ4n) is 2.87. The average Bonchev–Trinajstić information content (AvgIpc) is 2.96. The van der Waals surface area contributed by atoms with E-state index in [2.05, 4.69) is 42.9 Å². The topological polar surface area (TPSA) is 90.6 Å². The molecule has 3 N–H and O–H groups in total. The molecule has 0 atom stereocenters. The minimum Gasteiger partial charge on any atom is -0.338 e. The second-order valence-electron chi connectivity index (χ2n) is 6.11. The molecule has 3 heterocycles. The molecule has 0 unspecified atom stereocenters. The molecular weight excluding hydrogens is 407 g/mol. The minimum atomic E-state index is -0.576. The lowest BCUT2D eigenvalue weighted by Gasteiger charge is -2.14. The van der Waals surface area contributed by atoms with Crippen molar-refractivity contribution in [2.45, 2.75) is 19.3 Å².